The van der Waals surface area contributed by atoms with Crippen molar-refractivity contribution in [2.75, 3.05) is 19.0 Å². The number of carbonyl (C=O) groups is 2. The molecule has 1 aromatic heterocycles. The molecule has 26 heavy (non-hydrogen) atoms. The van der Waals surface area contributed by atoms with Gasteiger partial charge in [-0.3, -0.25) is 19.3 Å². The van der Waals surface area contributed by atoms with Crippen LogP contribution < -0.4 is 5.32 Å². The summed E-state index contributed by atoms with van der Waals surface area (Å²) in [4.78, 5) is 36.8. The summed E-state index contributed by atoms with van der Waals surface area (Å²) in [5, 5.41) is 4.89. The third-order valence-electron chi connectivity index (χ3n) is 3.54. The average Bonchev–Trinajstić information content (AvgIpc) is 3.19. The second-order valence-electron chi connectivity index (χ2n) is 5.29. The van der Waals surface area contributed by atoms with E-state index in [2.05, 4.69) is 5.32 Å². The fourth-order valence-corrected chi connectivity index (χ4v) is 2.82. The molecule has 1 heterocycles. The summed E-state index contributed by atoms with van der Waals surface area (Å²) in [5.74, 6) is -1.10. The fourth-order valence-electron chi connectivity index (χ4n) is 2.15. The lowest BCUT2D eigenvalue weighted by molar-refractivity contribution is -0.123. The van der Waals surface area contributed by atoms with E-state index in [0.717, 1.165) is 16.2 Å². The highest BCUT2D eigenvalue weighted by atomic mass is 32.1. The van der Waals surface area contributed by atoms with Gasteiger partial charge in [0.05, 0.1) is 11.4 Å². The van der Waals surface area contributed by atoms with Gasteiger partial charge in [-0.2, -0.15) is 0 Å². The van der Waals surface area contributed by atoms with Crippen molar-refractivity contribution in [3.05, 3.63) is 58.3 Å². The zero-order valence-corrected chi connectivity index (χ0v) is 15.3. The molecule has 0 saturated heterocycles. The zero-order chi connectivity index (χ0) is 18.9. The minimum absolute atomic E-state index is 0.207. The number of rotatable bonds is 8. The molecule has 0 aliphatic heterocycles. The van der Waals surface area contributed by atoms with Gasteiger partial charge in [0.2, 0.25) is 6.29 Å². The Morgan fingerprint density at radius 3 is 2.73 bits per heavy atom. The first-order chi connectivity index (χ1) is 12.6. The van der Waals surface area contributed by atoms with Crippen LogP contribution in [0.3, 0.4) is 0 Å². The number of nitrogens with zero attached hydrogens (tertiary/aromatic N) is 1. The van der Waals surface area contributed by atoms with E-state index in [1.807, 2.05) is 31.2 Å². The summed E-state index contributed by atoms with van der Waals surface area (Å²) in [6.45, 7) is 1.44. The number of para-hydroxylation sites is 1. The van der Waals surface area contributed by atoms with Gasteiger partial charge in [-0.1, -0.05) is 24.3 Å². The van der Waals surface area contributed by atoms with Crippen LogP contribution in [0.25, 0.3) is 6.08 Å². The normalized spacial score (nSPS) is 11.9. The molecule has 7 heteroatoms. The zero-order valence-electron chi connectivity index (χ0n) is 14.5. The molecular weight excluding hydrogens is 352 g/mol. The van der Waals surface area contributed by atoms with E-state index >= 15 is 0 Å². The van der Waals surface area contributed by atoms with Crippen molar-refractivity contribution < 1.29 is 19.1 Å². The van der Waals surface area contributed by atoms with Gasteiger partial charge in [0, 0.05) is 18.9 Å². The molecule has 0 aliphatic carbocycles. The summed E-state index contributed by atoms with van der Waals surface area (Å²) >= 11 is 1.21. The minimum atomic E-state index is -0.582. The Morgan fingerprint density at radius 1 is 1.31 bits per heavy atom. The first kappa shape index (κ1) is 19.6. The molecule has 0 fully saturated rings. The molecule has 135 valence electrons. The quantitative estimate of drug-likeness (QED) is 0.570. The molecule has 2 amide bonds. The van der Waals surface area contributed by atoms with Crippen LogP contribution in [0.2, 0.25) is 0 Å². The SMILES string of the molecule is COC(C)Nc1ccccc1/C=C/C(=O)N(C[C]=O)C(=O)c1cccs1. The van der Waals surface area contributed by atoms with Crippen LogP contribution in [-0.2, 0) is 14.3 Å². The molecular formula is C19H19N2O4S. The Kier molecular flexibility index (Phi) is 7.25. The van der Waals surface area contributed by atoms with Gasteiger partial charge in [-0.15, -0.1) is 11.3 Å². The Hall–Kier alpha value is -2.77. The summed E-state index contributed by atoms with van der Waals surface area (Å²) < 4.78 is 5.18. The molecule has 1 aromatic carbocycles. The lowest BCUT2D eigenvalue weighted by atomic mass is 10.1. The number of amides is 2. The van der Waals surface area contributed by atoms with E-state index in [-0.39, 0.29) is 6.23 Å². The molecule has 6 nitrogen and oxygen atoms in total. The molecule has 0 aliphatic rings. The number of hydrogen-bond acceptors (Lipinski definition) is 6. The van der Waals surface area contributed by atoms with E-state index in [1.54, 1.807) is 37.0 Å². The maximum Gasteiger partial charge on any atom is 0.271 e. The molecule has 2 rings (SSSR count). The molecule has 1 N–H and O–H groups in total. The molecule has 1 atom stereocenters. The standard InChI is InChI=1S/C19H19N2O4S/c1-14(25-2)20-16-7-4-3-6-15(16)9-10-18(23)21(11-12-22)19(24)17-8-5-13-26-17/h3-10,13-14,20H,11H2,1-2H3/b10-9+. The van der Waals surface area contributed by atoms with Crippen LogP contribution in [0, 0.1) is 0 Å². The Balaban J connectivity index is 2.19. The number of carbonyl (C=O) groups excluding carboxylic acids is 3. The van der Waals surface area contributed by atoms with Crippen molar-refractivity contribution in [2.45, 2.75) is 13.2 Å². The van der Waals surface area contributed by atoms with Crippen LogP contribution in [0.1, 0.15) is 22.2 Å². The van der Waals surface area contributed by atoms with E-state index in [1.165, 1.54) is 17.4 Å². The van der Waals surface area contributed by atoms with Gasteiger partial charge in [0.1, 0.15) is 6.23 Å². The number of thiophene rings is 1. The Labute approximate surface area is 156 Å². The van der Waals surface area contributed by atoms with Crippen molar-refractivity contribution in [3.63, 3.8) is 0 Å². The molecule has 0 saturated carbocycles. The fraction of sp³-hybridized carbons (Fsp3) is 0.211. The maximum absolute atomic E-state index is 12.4. The maximum atomic E-state index is 12.4. The van der Waals surface area contributed by atoms with Crippen molar-refractivity contribution in [3.8, 4) is 0 Å². The Bertz CT molecular complexity index is 787. The molecule has 0 bridgehead atoms. The van der Waals surface area contributed by atoms with Crippen molar-refractivity contribution >= 4 is 41.2 Å². The second-order valence-corrected chi connectivity index (χ2v) is 6.24. The highest BCUT2D eigenvalue weighted by Gasteiger charge is 2.21. The van der Waals surface area contributed by atoms with Gasteiger partial charge in [0.25, 0.3) is 11.8 Å². The van der Waals surface area contributed by atoms with Crippen LogP contribution in [-0.4, -0.2) is 42.9 Å². The van der Waals surface area contributed by atoms with Crippen LogP contribution in [0.5, 0.6) is 0 Å². The predicted molar refractivity (Wildman–Crippen MR) is 102 cm³/mol. The molecule has 0 spiro atoms. The van der Waals surface area contributed by atoms with Crippen molar-refractivity contribution in [2.24, 2.45) is 0 Å². The highest BCUT2D eigenvalue weighted by Crippen LogP contribution is 2.18. The van der Waals surface area contributed by atoms with Crippen LogP contribution in [0.4, 0.5) is 5.69 Å². The average molecular weight is 371 g/mol. The first-order valence-corrected chi connectivity index (χ1v) is 8.75. The summed E-state index contributed by atoms with van der Waals surface area (Å²) in [6, 6.07) is 10.7. The van der Waals surface area contributed by atoms with Gasteiger partial charge < -0.3 is 10.1 Å². The van der Waals surface area contributed by atoms with Crippen LogP contribution >= 0.6 is 11.3 Å². The van der Waals surface area contributed by atoms with E-state index in [0.29, 0.717) is 4.88 Å². The first-order valence-electron chi connectivity index (χ1n) is 7.87. The topological polar surface area (TPSA) is 75.7 Å². The van der Waals surface area contributed by atoms with Crippen molar-refractivity contribution in [1.29, 1.82) is 0 Å². The van der Waals surface area contributed by atoms with Gasteiger partial charge in [0.15, 0.2) is 0 Å². The number of methoxy groups -OCH3 is 1. The monoisotopic (exact) mass is 371 g/mol. The van der Waals surface area contributed by atoms with E-state index in [4.69, 9.17) is 4.74 Å². The summed E-state index contributed by atoms with van der Waals surface area (Å²) in [6.07, 6.45) is 4.26. The predicted octanol–water partition coefficient (Wildman–Crippen LogP) is 2.94. The third kappa shape index (κ3) is 5.11. The minimum Gasteiger partial charge on any atom is -0.362 e. The highest BCUT2D eigenvalue weighted by molar-refractivity contribution is 7.12. The number of ether oxygens (including phenoxy) is 1. The lowest BCUT2D eigenvalue weighted by Gasteiger charge is -2.16. The summed E-state index contributed by atoms with van der Waals surface area (Å²) in [7, 11) is 1.59. The van der Waals surface area contributed by atoms with Crippen LogP contribution in [0.15, 0.2) is 47.9 Å². The number of benzene rings is 1. The lowest BCUT2D eigenvalue weighted by Crippen LogP contribution is -2.36. The van der Waals surface area contributed by atoms with Crippen molar-refractivity contribution in [1.82, 2.24) is 4.90 Å². The molecule has 2 aromatic rings. The van der Waals surface area contributed by atoms with E-state index in [9.17, 15) is 14.4 Å². The Morgan fingerprint density at radius 2 is 2.08 bits per heavy atom. The third-order valence-corrected chi connectivity index (χ3v) is 4.40. The smallest absolute Gasteiger partial charge is 0.271 e. The summed E-state index contributed by atoms with van der Waals surface area (Å²) in [5.41, 5.74) is 1.53. The van der Waals surface area contributed by atoms with E-state index < -0.39 is 18.4 Å². The number of imide groups is 1. The van der Waals surface area contributed by atoms with Gasteiger partial charge >= 0.3 is 0 Å². The largest absolute Gasteiger partial charge is 0.362 e. The number of anilines is 1. The second kappa shape index (κ2) is 9.65. The number of nitrogens with one attached hydrogen (secondary N) is 1. The molecule has 1 radical (unpaired) electrons. The van der Waals surface area contributed by atoms with Gasteiger partial charge in [-0.05, 0) is 36.1 Å². The number of hydrogen-bond donors (Lipinski definition) is 1. The van der Waals surface area contributed by atoms with Gasteiger partial charge in [-0.25, -0.2) is 0 Å². The molecule has 1 unspecified atom stereocenters.